The van der Waals surface area contributed by atoms with Crippen molar-refractivity contribution in [3.8, 4) is 28.3 Å². The highest BCUT2D eigenvalue weighted by atomic mass is 19.1. The number of fused-ring (bicyclic) bond motifs is 1. The van der Waals surface area contributed by atoms with Gasteiger partial charge in [-0.1, -0.05) is 18.2 Å². The van der Waals surface area contributed by atoms with Crippen molar-refractivity contribution in [2.45, 2.75) is 13.3 Å². The minimum atomic E-state index is -0.663. The van der Waals surface area contributed by atoms with Gasteiger partial charge in [-0.15, -0.1) is 0 Å². The van der Waals surface area contributed by atoms with E-state index in [1.807, 2.05) is 18.2 Å². The van der Waals surface area contributed by atoms with Crippen LogP contribution in [0.5, 0.6) is 11.5 Å². The van der Waals surface area contributed by atoms with E-state index in [1.165, 1.54) is 47.2 Å². The van der Waals surface area contributed by atoms with Crippen LogP contribution >= 0.6 is 0 Å². The summed E-state index contributed by atoms with van der Waals surface area (Å²) in [6.45, 7) is 1.66. The molecule has 0 amide bonds. The third kappa shape index (κ3) is 5.03. The number of halogens is 2. The summed E-state index contributed by atoms with van der Waals surface area (Å²) in [5.74, 6) is -1.19. The molecule has 0 bridgehead atoms. The van der Waals surface area contributed by atoms with E-state index < -0.39 is 23.0 Å². The minimum Gasteiger partial charge on any atom is -0.452 e. The van der Waals surface area contributed by atoms with Crippen molar-refractivity contribution < 1.29 is 18.3 Å². The van der Waals surface area contributed by atoms with E-state index in [0.717, 1.165) is 11.1 Å². The highest BCUT2D eigenvalue weighted by Gasteiger charge is 2.19. The Kier molecular flexibility index (Phi) is 6.84. The second kappa shape index (κ2) is 10.8. The molecule has 7 nitrogen and oxygen atoms in total. The predicted molar refractivity (Wildman–Crippen MR) is 156 cm³/mol. The highest BCUT2D eigenvalue weighted by molar-refractivity contribution is 5.98. The second-order valence-electron chi connectivity index (χ2n) is 9.83. The number of hydrogen-bond acceptors (Lipinski definition) is 5. The topological polar surface area (TPSA) is 91.6 Å². The summed E-state index contributed by atoms with van der Waals surface area (Å²) in [6.07, 6.45) is 4.68. The van der Waals surface area contributed by atoms with Crippen LogP contribution in [0.15, 0.2) is 108 Å². The summed E-state index contributed by atoms with van der Waals surface area (Å²) in [5, 5.41) is 4.33. The Balaban J connectivity index is 1.27. The lowest BCUT2D eigenvalue weighted by molar-refractivity contribution is 0.0990. The van der Waals surface area contributed by atoms with Crippen LogP contribution in [0.1, 0.15) is 21.5 Å². The van der Waals surface area contributed by atoms with Gasteiger partial charge in [0.1, 0.15) is 11.3 Å². The smallest absolute Gasteiger partial charge is 0.266 e. The molecule has 6 rings (SSSR count). The number of pyridine rings is 1. The first kappa shape index (κ1) is 26.6. The van der Waals surface area contributed by atoms with Gasteiger partial charge in [-0.25, -0.2) is 13.3 Å². The first-order chi connectivity index (χ1) is 20.3. The van der Waals surface area contributed by atoms with Gasteiger partial charge in [-0.05, 0) is 84.3 Å². The molecule has 0 spiro atoms. The number of nitrogens with zero attached hydrogens (tertiary/aromatic N) is 3. The van der Waals surface area contributed by atoms with E-state index in [4.69, 9.17) is 10.5 Å². The first-order valence-electron chi connectivity index (χ1n) is 13.1. The van der Waals surface area contributed by atoms with E-state index >= 15 is 4.39 Å². The van der Waals surface area contributed by atoms with E-state index in [9.17, 15) is 14.0 Å². The van der Waals surface area contributed by atoms with E-state index in [0.29, 0.717) is 33.8 Å². The Labute approximate surface area is 239 Å². The lowest BCUT2D eigenvalue weighted by Crippen LogP contribution is -2.27. The van der Waals surface area contributed by atoms with Crippen LogP contribution in [0.25, 0.3) is 22.3 Å². The van der Waals surface area contributed by atoms with Crippen molar-refractivity contribution in [3.05, 3.63) is 142 Å². The fraction of sp³-hybridized carbons (Fsp3) is 0.0606. The minimum absolute atomic E-state index is 0.00910. The lowest BCUT2D eigenvalue weighted by Gasteiger charge is -2.12. The average molecular weight is 563 g/mol. The molecule has 0 fully saturated rings. The fourth-order valence-electron chi connectivity index (χ4n) is 4.89. The zero-order valence-corrected chi connectivity index (χ0v) is 22.4. The number of nitrogens with two attached hydrogens (primary N) is 1. The molecule has 42 heavy (non-hydrogen) atoms. The fourth-order valence-corrected chi connectivity index (χ4v) is 4.89. The molecule has 3 heterocycles. The van der Waals surface area contributed by atoms with Gasteiger partial charge in [0, 0.05) is 41.8 Å². The number of Topliss-reactive ketones (excluding diaryl/α,β-unsaturated/α-hetero) is 1. The Morgan fingerprint density at radius 3 is 2.40 bits per heavy atom. The number of hydrogen-bond donors (Lipinski definition) is 1. The summed E-state index contributed by atoms with van der Waals surface area (Å²) < 4.78 is 37.6. The molecule has 0 aliphatic rings. The molecule has 6 aromatic rings. The third-order valence-electron chi connectivity index (χ3n) is 7.00. The molecule has 208 valence electrons. The molecule has 0 unspecified atom stereocenters. The van der Waals surface area contributed by atoms with Crippen molar-refractivity contribution in [1.29, 1.82) is 0 Å². The van der Waals surface area contributed by atoms with Gasteiger partial charge in [-0.2, -0.15) is 5.10 Å². The van der Waals surface area contributed by atoms with Gasteiger partial charge < -0.3 is 10.5 Å². The number of carbonyl (C=O) groups excluding carboxylic acids is 1. The average Bonchev–Trinajstić information content (AvgIpc) is 3.41. The molecule has 2 N–H and O–H groups in total. The number of nitrogen functional groups attached to an aromatic ring is 1. The van der Waals surface area contributed by atoms with Crippen molar-refractivity contribution in [2.24, 2.45) is 0 Å². The van der Waals surface area contributed by atoms with Crippen molar-refractivity contribution in [1.82, 2.24) is 14.2 Å². The molecular formula is C33H24F2N4O3. The Morgan fingerprint density at radius 1 is 0.905 bits per heavy atom. The zero-order chi connectivity index (χ0) is 29.4. The molecule has 0 saturated carbocycles. The zero-order valence-electron chi connectivity index (χ0n) is 22.4. The number of carbonyl (C=O) groups is 1. The molecule has 3 aromatic carbocycles. The number of aromatic nitrogens is 3. The quantitative estimate of drug-likeness (QED) is 0.176. The van der Waals surface area contributed by atoms with Crippen molar-refractivity contribution in [2.75, 3.05) is 5.73 Å². The monoisotopic (exact) mass is 562 g/mol. The number of ketones is 1. The normalized spacial score (nSPS) is 11.1. The first-order valence-corrected chi connectivity index (χ1v) is 13.1. The molecule has 0 aliphatic carbocycles. The largest absolute Gasteiger partial charge is 0.452 e. The van der Waals surface area contributed by atoms with Crippen LogP contribution in [-0.2, 0) is 6.42 Å². The summed E-state index contributed by atoms with van der Waals surface area (Å²) in [5.41, 5.74) is 9.62. The molecule has 0 aliphatic heterocycles. The number of aryl methyl sites for hydroxylation is 1. The maximum atomic E-state index is 15.3. The standard InChI is InChI=1S/C33H24F2N4O3/c1-20-13-16-38(25-9-5-23(34)6-10-25)33(41)31(20)28(40)19-21-2-11-29(27(35)18-21)42-30-12-15-37-39-17-14-26(32(30)39)22-3-7-24(36)8-4-22/h2-18H,19,36H2,1H3. The second-order valence-corrected chi connectivity index (χ2v) is 9.83. The van der Waals surface area contributed by atoms with Crippen LogP contribution in [0.4, 0.5) is 14.5 Å². The predicted octanol–water partition coefficient (Wildman–Crippen LogP) is 6.54. The van der Waals surface area contributed by atoms with Crippen LogP contribution in [0.2, 0.25) is 0 Å². The summed E-state index contributed by atoms with van der Waals surface area (Å²) >= 11 is 0. The Morgan fingerprint density at radius 2 is 1.67 bits per heavy atom. The molecule has 3 aromatic heterocycles. The van der Waals surface area contributed by atoms with E-state index in [1.54, 1.807) is 54.2 Å². The van der Waals surface area contributed by atoms with Crippen LogP contribution in [0, 0.1) is 18.6 Å². The number of ether oxygens (including phenoxy) is 1. The molecule has 0 atom stereocenters. The highest BCUT2D eigenvalue weighted by Crippen LogP contribution is 2.35. The van der Waals surface area contributed by atoms with Crippen molar-refractivity contribution >= 4 is 17.0 Å². The maximum absolute atomic E-state index is 15.3. The van der Waals surface area contributed by atoms with Gasteiger partial charge in [0.15, 0.2) is 23.1 Å². The molecule has 0 saturated heterocycles. The van der Waals surface area contributed by atoms with Crippen LogP contribution in [0.3, 0.4) is 0 Å². The van der Waals surface area contributed by atoms with Crippen LogP contribution < -0.4 is 16.0 Å². The number of anilines is 1. The van der Waals surface area contributed by atoms with Crippen LogP contribution in [-0.4, -0.2) is 20.0 Å². The van der Waals surface area contributed by atoms with Gasteiger partial charge in [0.05, 0.1) is 11.8 Å². The number of benzene rings is 3. The number of rotatable bonds is 7. The lowest BCUT2D eigenvalue weighted by atomic mass is 10.0. The van der Waals surface area contributed by atoms with Gasteiger partial charge in [0.2, 0.25) is 0 Å². The van der Waals surface area contributed by atoms with E-state index in [2.05, 4.69) is 5.10 Å². The third-order valence-corrected chi connectivity index (χ3v) is 7.00. The summed E-state index contributed by atoms with van der Waals surface area (Å²) in [4.78, 5) is 26.4. The van der Waals surface area contributed by atoms with Gasteiger partial charge >= 0.3 is 0 Å². The maximum Gasteiger partial charge on any atom is 0.266 e. The summed E-state index contributed by atoms with van der Waals surface area (Å²) in [7, 11) is 0. The summed E-state index contributed by atoms with van der Waals surface area (Å²) in [6, 6.07) is 22.2. The van der Waals surface area contributed by atoms with Gasteiger partial charge in [0.25, 0.3) is 5.56 Å². The molecular weight excluding hydrogens is 538 g/mol. The molecule has 0 radical (unpaired) electrons. The van der Waals surface area contributed by atoms with Crippen molar-refractivity contribution in [3.63, 3.8) is 0 Å². The van der Waals surface area contributed by atoms with E-state index in [-0.39, 0.29) is 17.7 Å². The Hall–Kier alpha value is -5.57. The molecule has 9 heteroatoms. The Bertz CT molecular complexity index is 2010. The van der Waals surface area contributed by atoms with Gasteiger partial charge in [-0.3, -0.25) is 14.2 Å². The SMILES string of the molecule is Cc1ccn(-c2ccc(F)cc2)c(=O)c1C(=O)Cc1ccc(Oc2ccnn3ccc(-c4ccc(N)cc4)c23)c(F)c1.